The third-order valence-electron chi connectivity index (χ3n) is 3.51. The van der Waals surface area contributed by atoms with Crippen molar-refractivity contribution in [3.05, 3.63) is 30.1 Å². The summed E-state index contributed by atoms with van der Waals surface area (Å²) in [4.78, 5) is 19.8. The van der Waals surface area contributed by atoms with Gasteiger partial charge in [-0.2, -0.15) is 11.8 Å². The zero-order valence-corrected chi connectivity index (χ0v) is 13.0. The minimum absolute atomic E-state index is 0.0586. The lowest BCUT2D eigenvalue weighted by Gasteiger charge is -2.22. The van der Waals surface area contributed by atoms with Crippen LogP contribution in [0.3, 0.4) is 0 Å². The molecule has 1 aromatic heterocycles. The SMILES string of the molecule is CC[C@@H](C)[C@@H](NC(=O)CSC)c1nc2ccccc2[nH]1. The lowest BCUT2D eigenvalue weighted by Crippen LogP contribution is -2.34. The van der Waals surface area contributed by atoms with Gasteiger partial charge in [-0.1, -0.05) is 32.4 Å². The highest BCUT2D eigenvalue weighted by Gasteiger charge is 2.23. The van der Waals surface area contributed by atoms with Gasteiger partial charge in [0, 0.05) is 0 Å². The van der Waals surface area contributed by atoms with E-state index in [1.165, 1.54) is 11.8 Å². The summed E-state index contributed by atoms with van der Waals surface area (Å²) in [6, 6.07) is 7.87. The normalized spacial score (nSPS) is 14.2. The average Bonchev–Trinajstić information content (AvgIpc) is 2.87. The molecule has 0 unspecified atom stereocenters. The molecule has 0 saturated heterocycles. The van der Waals surface area contributed by atoms with Gasteiger partial charge in [0.05, 0.1) is 22.8 Å². The fraction of sp³-hybridized carbons (Fsp3) is 0.467. The Bertz CT molecular complexity index is 548. The van der Waals surface area contributed by atoms with E-state index in [1.54, 1.807) is 0 Å². The van der Waals surface area contributed by atoms with Crippen LogP contribution in [-0.4, -0.2) is 27.9 Å². The Morgan fingerprint density at radius 3 is 2.85 bits per heavy atom. The quantitative estimate of drug-likeness (QED) is 0.859. The van der Waals surface area contributed by atoms with Gasteiger partial charge in [0.15, 0.2) is 0 Å². The molecule has 2 rings (SSSR count). The molecule has 0 saturated carbocycles. The standard InChI is InChI=1S/C15H21N3OS/c1-4-10(2)14(18-13(19)9-20-3)15-16-11-7-5-6-8-12(11)17-15/h5-8,10,14H,4,9H2,1-3H3,(H,16,17)(H,18,19)/t10-,14-/m1/s1. The predicted molar refractivity (Wildman–Crippen MR) is 84.8 cm³/mol. The molecule has 2 aromatic rings. The number of hydrogen-bond acceptors (Lipinski definition) is 3. The highest BCUT2D eigenvalue weighted by Crippen LogP contribution is 2.24. The molecule has 0 spiro atoms. The van der Waals surface area contributed by atoms with E-state index in [9.17, 15) is 4.79 Å². The van der Waals surface area contributed by atoms with Crippen molar-refractivity contribution in [2.24, 2.45) is 5.92 Å². The van der Waals surface area contributed by atoms with Gasteiger partial charge in [0.1, 0.15) is 5.82 Å². The lowest BCUT2D eigenvalue weighted by molar-refractivity contribution is -0.119. The van der Waals surface area contributed by atoms with Crippen molar-refractivity contribution in [2.45, 2.75) is 26.3 Å². The molecule has 0 bridgehead atoms. The number of carbonyl (C=O) groups is 1. The molecule has 1 aromatic carbocycles. The molecular weight excluding hydrogens is 270 g/mol. The zero-order chi connectivity index (χ0) is 14.5. The van der Waals surface area contributed by atoms with Crippen LogP contribution in [0.1, 0.15) is 32.1 Å². The number of amides is 1. The number of carbonyl (C=O) groups excluding carboxylic acids is 1. The monoisotopic (exact) mass is 291 g/mol. The molecule has 1 heterocycles. The molecule has 1 amide bonds. The molecule has 5 heteroatoms. The van der Waals surface area contributed by atoms with Gasteiger partial charge in [0.2, 0.25) is 5.91 Å². The highest BCUT2D eigenvalue weighted by atomic mass is 32.2. The van der Waals surface area contributed by atoms with Gasteiger partial charge >= 0.3 is 0 Å². The fourth-order valence-corrected chi connectivity index (χ4v) is 2.53. The summed E-state index contributed by atoms with van der Waals surface area (Å²) in [6.45, 7) is 4.26. The van der Waals surface area contributed by atoms with Gasteiger partial charge in [0.25, 0.3) is 0 Å². The highest BCUT2D eigenvalue weighted by molar-refractivity contribution is 7.99. The number of H-pyrrole nitrogens is 1. The van der Waals surface area contributed by atoms with Gasteiger partial charge in [-0.15, -0.1) is 0 Å². The maximum Gasteiger partial charge on any atom is 0.230 e. The van der Waals surface area contributed by atoms with Crippen LogP contribution >= 0.6 is 11.8 Å². The Morgan fingerprint density at radius 2 is 2.20 bits per heavy atom. The van der Waals surface area contributed by atoms with Crippen LogP contribution in [0.15, 0.2) is 24.3 Å². The first-order valence-electron chi connectivity index (χ1n) is 6.88. The van der Waals surface area contributed by atoms with E-state index in [4.69, 9.17) is 0 Å². The molecule has 2 N–H and O–H groups in total. The molecule has 20 heavy (non-hydrogen) atoms. The maximum atomic E-state index is 11.9. The third-order valence-corrected chi connectivity index (χ3v) is 4.06. The largest absolute Gasteiger partial charge is 0.345 e. The predicted octanol–water partition coefficient (Wildman–Crippen LogP) is 3.13. The number of aromatic amines is 1. The van der Waals surface area contributed by atoms with Crippen LogP contribution < -0.4 is 5.32 Å². The molecule has 108 valence electrons. The number of benzene rings is 1. The lowest BCUT2D eigenvalue weighted by atomic mass is 9.98. The van der Waals surface area contributed by atoms with Crippen molar-refractivity contribution < 1.29 is 4.79 Å². The van der Waals surface area contributed by atoms with E-state index in [2.05, 4.69) is 29.1 Å². The van der Waals surface area contributed by atoms with Gasteiger partial charge in [-0.25, -0.2) is 4.98 Å². The van der Waals surface area contributed by atoms with Crippen LogP contribution in [0.4, 0.5) is 0 Å². The second-order valence-electron chi connectivity index (χ2n) is 5.00. The number of imidazole rings is 1. The van der Waals surface area contributed by atoms with E-state index in [1.807, 2.05) is 30.5 Å². The van der Waals surface area contributed by atoms with Crippen LogP contribution in [-0.2, 0) is 4.79 Å². The summed E-state index contributed by atoms with van der Waals surface area (Å²) < 4.78 is 0. The molecule has 0 aliphatic heterocycles. The summed E-state index contributed by atoms with van der Waals surface area (Å²) in [6.07, 6.45) is 2.92. The topological polar surface area (TPSA) is 57.8 Å². The minimum atomic E-state index is -0.0629. The molecular formula is C15H21N3OS. The van der Waals surface area contributed by atoms with E-state index in [0.717, 1.165) is 23.3 Å². The van der Waals surface area contributed by atoms with E-state index in [0.29, 0.717) is 11.7 Å². The fourth-order valence-electron chi connectivity index (χ4n) is 2.18. The zero-order valence-electron chi connectivity index (χ0n) is 12.1. The van der Waals surface area contributed by atoms with Crippen LogP contribution in [0.25, 0.3) is 11.0 Å². The Morgan fingerprint density at radius 1 is 1.45 bits per heavy atom. The summed E-state index contributed by atoms with van der Waals surface area (Å²) in [5, 5.41) is 3.09. The van der Waals surface area contributed by atoms with Gasteiger partial charge < -0.3 is 10.3 Å². The van der Waals surface area contributed by atoms with Crippen LogP contribution in [0.5, 0.6) is 0 Å². The third kappa shape index (κ3) is 3.33. The molecule has 0 fully saturated rings. The first-order valence-corrected chi connectivity index (χ1v) is 8.28. The summed E-state index contributed by atoms with van der Waals surface area (Å²) in [5.41, 5.74) is 1.95. The number of aromatic nitrogens is 2. The van der Waals surface area contributed by atoms with Crippen molar-refractivity contribution in [3.63, 3.8) is 0 Å². The maximum absolute atomic E-state index is 11.9. The Kier molecular flexibility index (Phi) is 5.06. The molecule has 0 aliphatic carbocycles. The Labute approximate surface area is 123 Å². The van der Waals surface area contributed by atoms with Crippen molar-refractivity contribution in [2.75, 3.05) is 12.0 Å². The average molecular weight is 291 g/mol. The molecule has 0 aliphatic rings. The van der Waals surface area contributed by atoms with Crippen molar-refractivity contribution in [3.8, 4) is 0 Å². The van der Waals surface area contributed by atoms with Crippen LogP contribution in [0, 0.1) is 5.92 Å². The van der Waals surface area contributed by atoms with Gasteiger partial charge in [-0.05, 0) is 24.3 Å². The second-order valence-corrected chi connectivity index (χ2v) is 5.87. The van der Waals surface area contributed by atoms with Gasteiger partial charge in [-0.3, -0.25) is 4.79 Å². The number of nitrogens with one attached hydrogen (secondary N) is 2. The number of thioether (sulfide) groups is 1. The summed E-state index contributed by atoms with van der Waals surface area (Å²) in [5.74, 6) is 1.72. The Hall–Kier alpha value is -1.49. The molecule has 2 atom stereocenters. The van der Waals surface area contributed by atoms with Crippen molar-refractivity contribution >= 4 is 28.7 Å². The van der Waals surface area contributed by atoms with Crippen LogP contribution in [0.2, 0.25) is 0 Å². The van der Waals surface area contributed by atoms with Crippen molar-refractivity contribution in [1.29, 1.82) is 0 Å². The van der Waals surface area contributed by atoms with E-state index >= 15 is 0 Å². The van der Waals surface area contributed by atoms with E-state index < -0.39 is 0 Å². The number of hydrogen-bond donors (Lipinski definition) is 2. The number of fused-ring (bicyclic) bond motifs is 1. The Balaban J connectivity index is 2.27. The first kappa shape index (κ1) is 14.9. The molecule has 0 radical (unpaired) electrons. The number of nitrogens with zero attached hydrogens (tertiary/aromatic N) is 1. The molecule has 4 nitrogen and oxygen atoms in total. The van der Waals surface area contributed by atoms with E-state index in [-0.39, 0.29) is 11.9 Å². The smallest absolute Gasteiger partial charge is 0.230 e. The second kappa shape index (κ2) is 6.79. The number of rotatable bonds is 6. The summed E-state index contributed by atoms with van der Waals surface area (Å²) in [7, 11) is 0. The first-order chi connectivity index (χ1) is 9.65. The number of para-hydroxylation sites is 2. The van der Waals surface area contributed by atoms with Crippen molar-refractivity contribution in [1.82, 2.24) is 15.3 Å². The summed E-state index contributed by atoms with van der Waals surface area (Å²) >= 11 is 1.53. The minimum Gasteiger partial charge on any atom is -0.345 e.